The summed E-state index contributed by atoms with van der Waals surface area (Å²) >= 11 is 9.02. The smallest absolute Gasteiger partial charge is 0.303 e. The van der Waals surface area contributed by atoms with E-state index in [9.17, 15) is 13.2 Å². The van der Waals surface area contributed by atoms with E-state index in [2.05, 4.69) is 20.7 Å². The quantitative estimate of drug-likeness (QED) is 0.722. The summed E-state index contributed by atoms with van der Waals surface area (Å²) in [6, 6.07) is 4.86. The highest BCUT2D eigenvalue weighted by Crippen LogP contribution is 2.22. The highest BCUT2D eigenvalue weighted by atomic mass is 79.9. The van der Waals surface area contributed by atoms with Gasteiger partial charge in [-0.25, -0.2) is 13.1 Å². The molecule has 0 bridgehead atoms. The summed E-state index contributed by atoms with van der Waals surface area (Å²) in [6.45, 7) is 0.111. The summed E-state index contributed by atoms with van der Waals surface area (Å²) < 4.78 is 26.5. The van der Waals surface area contributed by atoms with Crippen LogP contribution < -0.4 is 4.72 Å². The predicted molar refractivity (Wildman–Crippen MR) is 76.6 cm³/mol. The average Bonchev–Trinajstić information content (AvgIpc) is 2.28. The number of hydrogen-bond donors (Lipinski definition) is 2. The van der Waals surface area contributed by atoms with E-state index in [1.54, 1.807) is 18.2 Å². The van der Waals surface area contributed by atoms with E-state index < -0.39 is 16.0 Å². The van der Waals surface area contributed by atoms with Gasteiger partial charge in [-0.15, -0.1) is 0 Å². The topological polar surface area (TPSA) is 83.5 Å². The Labute approximate surface area is 125 Å². The number of hydrogen-bond acceptors (Lipinski definition) is 3. The third kappa shape index (κ3) is 6.38. The first-order valence-corrected chi connectivity index (χ1v) is 8.25. The van der Waals surface area contributed by atoms with Gasteiger partial charge in [-0.1, -0.05) is 33.6 Å². The summed E-state index contributed by atoms with van der Waals surface area (Å²) in [5.74, 6) is -1.13. The first-order chi connectivity index (χ1) is 8.80. The van der Waals surface area contributed by atoms with Gasteiger partial charge in [0.05, 0.1) is 5.75 Å². The fraction of sp³-hybridized carbons (Fsp3) is 0.364. The molecule has 106 valence electrons. The van der Waals surface area contributed by atoms with Gasteiger partial charge in [0.25, 0.3) is 0 Å². The van der Waals surface area contributed by atoms with Crippen molar-refractivity contribution in [1.82, 2.24) is 4.72 Å². The van der Waals surface area contributed by atoms with Crippen LogP contribution in [0.4, 0.5) is 0 Å². The van der Waals surface area contributed by atoms with Crippen molar-refractivity contribution in [2.45, 2.75) is 18.6 Å². The molecule has 0 heterocycles. The van der Waals surface area contributed by atoms with Crippen LogP contribution in [0.15, 0.2) is 22.7 Å². The number of benzene rings is 1. The monoisotopic (exact) mass is 369 g/mol. The molecule has 0 aromatic heterocycles. The minimum Gasteiger partial charge on any atom is -0.481 e. The van der Waals surface area contributed by atoms with Crippen molar-refractivity contribution >= 4 is 43.5 Å². The van der Waals surface area contributed by atoms with Crippen LogP contribution in [0, 0.1) is 0 Å². The van der Waals surface area contributed by atoms with E-state index in [1.807, 2.05) is 0 Å². The van der Waals surface area contributed by atoms with Crippen LogP contribution >= 0.6 is 27.5 Å². The van der Waals surface area contributed by atoms with Crippen molar-refractivity contribution in [3.8, 4) is 0 Å². The largest absolute Gasteiger partial charge is 0.481 e. The third-order valence-electron chi connectivity index (χ3n) is 2.25. The second-order valence-electron chi connectivity index (χ2n) is 3.89. The maximum Gasteiger partial charge on any atom is 0.303 e. The van der Waals surface area contributed by atoms with Gasteiger partial charge in [0, 0.05) is 22.5 Å². The van der Waals surface area contributed by atoms with E-state index in [0.717, 1.165) is 0 Å². The van der Waals surface area contributed by atoms with Gasteiger partial charge < -0.3 is 5.11 Å². The van der Waals surface area contributed by atoms with E-state index >= 15 is 0 Å². The number of carboxylic acid groups (broad SMARTS) is 1. The Morgan fingerprint density at radius 3 is 2.68 bits per heavy atom. The van der Waals surface area contributed by atoms with Crippen LogP contribution in [-0.4, -0.2) is 26.0 Å². The van der Waals surface area contributed by atoms with Crippen LogP contribution in [0.25, 0.3) is 0 Å². The lowest BCUT2D eigenvalue weighted by atomic mass is 10.2. The fourth-order valence-electron chi connectivity index (χ4n) is 1.36. The van der Waals surface area contributed by atoms with E-state index in [-0.39, 0.29) is 25.1 Å². The van der Waals surface area contributed by atoms with E-state index in [1.165, 1.54) is 0 Å². The maximum atomic E-state index is 11.8. The number of aliphatic carboxylic acids is 1. The minimum absolute atomic E-state index is 0.0623. The number of rotatable bonds is 7. The van der Waals surface area contributed by atoms with Gasteiger partial charge >= 0.3 is 5.97 Å². The molecule has 0 unspecified atom stereocenters. The summed E-state index contributed by atoms with van der Waals surface area (Å²) in [5.41, 5.74) is 0.593. The number of halogens is 2. The number of sulfonamides is 1. The lowest BCUT2D eigenvalue weighted by Gasteiger charge is -2.08. The molecule has 1 aromatic carbocycles. The van der Waals surface area contributed by atoms with Gasteiger partial charge in [-0.2, -0.15) is 0 Å². The Morgan fingerprint density at radius 1 is 1.42 bits per heavy atom. The summed E-state index contributed by atoms with van der Waals surface area (Å²) in [6.07, 6.45) is 0.198. The molecule has 2 N–H and O–H groups in total. The van der Waals surface area contributed by atoms with Crippen molar-refractivity contribution in [2.24, 2.45) is 0 Å². The van der Waals surface area contributed by atoms with E-state index in [4.69, 9.17) is 16.7 Å². The van der Waals surface area contributed by atoms with Gasteiger partial charge in [0.2, 0.25) is 10.0 Å². The standard InChI is InChI=1S/C11H13BrClNO4S/c12-10-6-9(13)4-3-8(10)7-19(17,18)14-5-1-2-11(15)16/h3-4,6,14H,1-2,5,7H2,(H,15,16). The zero-order valence-electron chi connectivity index (χ0n) is 9.90. The molecule has 8 heteroatoms. The SMILES string of the molecule is O=C(O)CCCNS(=O)(=O)Cc1ccc(Cl)cc1Br. The summed E-state index contributed by atoms with van der Waals surface area (Å²) in [4.78, 5) is 10.3. The number of nitrogens with one attached hydrogen (secondary N) is 1. The molecule has 0 saturated heterocycles. The molecular formula is C11H13BrClNO4S. The maximum absolute atomic E-state index is 11.8. The minimum atomic E-state index is -3.48. The normalized spacial score (nSPS) is 11.5. The molecule has 1 aromatic rings. The van der Waals surface area contributed by atoms with Crippen LogP contribution in [0.5, 0.6) is 0 Å². The van der Waals surface area contributed by atoms with Crippen molar-refractivity contribution in [3.63, 3.8) is 0 Å². The second kappa shape index (κ2) is 7.23. The van der Waals surface area contributed by atoms with Gasteiger partial charge in [-0.3, -0.25) is 4.79 Å². The first kappa shape index (κ1) is 16.4. The van der Waals surface area contributed by atoms with Crippen molar-refractivity contribution < 1.29 is 18.3 Å². The molecular weight excluding hydrogens is 358 g/mol. The predicted octanol–water partition coefficient (Wildman–Crippen LogP) is 2.39. The lowest BCUT2D eigenvalue weighted by molar-refractivity contribution is -0.137. The van der Waals surface area contributed by atoms with Crippen LogP contribution in [-0.2, 0) is 20.6 Å². The molecule has 0 saturated carbocycles. The zero-order valence-corrected chi connectivity index (χ0v) is 13.1. The van der Waals surface area contributed by atoms with E-state index in [0.29, 0.717) is 15.1 Å². The third-order valence-corrected chi connectivity index (χ3v) is 4.56. The van der Waals surface area contributed by atoms with Crippen LogP contribution in [0.1, 0.15) is 18.4 Å². The Hall–Kier alpha value is -0.630. The fourth-order valence-corrected chi connectivity index (χ4v) is 3.59. The highest BCUT2D eigenvalue weighted by molar-refractivity contribution is 9.10. The molecule has 19 heavy (non-hydrogen) atoms. The molecule has 0 fully saturated rings. The molecule has 0 amide bonds. The molecule has 0 spiro atoms. The number of carboxylic acids is 1. The molecule has 0 aliphatic heterocycles. The highest BCUT2D eigenvalue weighted by Gasteiger charge is 2.13. The molecule has 0 aliphatic carbocycles. The lowest BCUT2D eigenvalue weighted by Crippen LogP contribution is -2.26. The Bertz CT molecular complexity index is 562. The van der Waals surface area contributed by atoms with Crippen molar-refractivity contribution in [1.29, 1.82) is 0 Å². The van der Waals surface area contributed by atoms with Gasteiger partial charge in [0.1, 0.15) is 0 Å². The number of carbonyl (C=O) groups is 1. The summed E-state index contributed by atoms with van der Waals surface area (Å²) in [7, 11) is -3.48. The Balaban J connectivity index is 2.56. The zero-order chi connectivity index (χ0) is 14.5. The Morgan fingerprint density at radius 2 is 2.11 bits per heavy atom. The van der Waals surface area contributed by atoms with Crippen LogP contribution in [0.2, 0.25) is 5.02 Å². The van der Waals surface area contributed by atoms with Gasteiger partial charge in [-0.05, 0) is 24.1 Å². The molecule has 0 aliphatic rings. The Kier molecular flexibility index (Phi) is 6.25. The second-order valence-corrected chi connectivity index (χ2v) is 6.98. The van der Waals surface area contributed by atoms with Crippen molar-refractivity contribution in [2.75, 3.05) is 6.54 Å². The van der Waals surface area contributed by atoms with Crippen molar-refractivity contribution in [3.05, 3.63) is 33.3 Å². The average molecular weight is 371 g/mol. The molecule has 0 atom stereocenters. The molecule has 1 rings (SSSR count). The van der Waals surface area contributed by atoms with Gasteiger partial charge in [0.15, 0.2) is 0 Å². The summed E-state index contributed by atoms with van der Waals surface area (Å²) in [5, 5.41) is 8.96. The molecule has 5 nitrogen and oxygen atoms in total. The van der Waals surface area contributed by atoms with Crippen LogP contribution in [0.3, 0.4) is 0 Å². The first-order valence-electron chi connectivity index (χ1n) is 5.43. The molecule has 0 radical (unpaired) electrons.